The molecule has 154 valence electrons. The Labute approximate surface area is 170 Å². The van der Waals surface area contributed by atoms with E-state index in [1.165, 1.54) is 17.9 Å². The van der Waals surface area contributed by atoms with Crippen molar-refractivity contribution >= 4 is 23.2 Å². The SMILES string of the molecule is COc1ccc(N2CCN(C(=O)CCN(C(C)=O)c3ccccc3F)CC2)cc1. The number of nitrogens with zero attached hydrogens (tertiary/aromatic N) is 3. The molecule has 29 heavy (non-hydrogen) atoms. The van der Waals surface area contributed by atoms with Crippen LogP contribution in [0.2, 0.25) is 0 Å². The molecular formula is C22H26FN3O3. The molecule has 6 nitrogen and oxygen atoms in total. The van der Waals surface area contributed by atoms with E-state index in [1.54, 1.807) is 30.2 Å². The maximum Gasteiger partial charge on any atom is 0.224 e. The van der Waals surface area contributed by atoms with Crippen LogP contribution in [0.4, 0.5) is 15.8 Å². The van der Waals surface area contributed by atoms with Crippen LogP contribution in [0.5, 0.6) is 5.75 Å². The maximum atomic E-state index is 14.0. The van der Waals surface area contributed by atoms with Crippen molar-refractivity contribution in [2.24, 2.45) is 0 Å². The zero-order valence-electron chi connectivity index (χ0n) is 16.8. The van der Waals surface area contributed by atoms with Crippen LogP contribution in [0, 0.1) is 5.82 Å². The van der Waals surface area contributed by atoms with Gasteiger partial charge in [0.05, 0.1) is 12.8 Å². The predicted octanol–water partition coefficient (Wildman–Crippen LogP) is 2.93. The van der Waals surface area contributed by atoms with Crippen molar-refractivity contribution in [2.45, 2.75) is 13.3 Å². The lowest BCUT2D eigenvalue weighted by Crippen LogP contribution is -2.49. The number of hydrogen-bond donors (Lipinski definition) is 0. The van der Waals surface area contributed by atoms with Gasteiger partial charge in [0.25, 0.3) is 0 Å². The monoisotopic (exact) mass is 399 g/mol. The van der Waals surface area contributed by atoms with Gasteiger partial charge in [-0.05, 0) is 36.4 Å². The maximum absolute atomic E-state index is 14.0. The molecule has 1 heterocycles. The number of para-hydroxylation sites is 1. The van der Waals surface area contributed by atoms with Crippen molar-refractivity contribution in [2.75, 3.05) is 49.6 Å². The Morgan fingerprint density at radius 2 is 1.69 bits per heavy atom. The summed E-state index contributed by atoms with van der Waals surface area (Å²) in [5.41, 5.74) is 1.30. The lowest BCUT2D eigenvalue weighted by molar-refractivity contribution is -0.131. The molecule has 0 unspecified atom stereocenters. The molecule has 0 bridgehead atoms. The van der Waals surface area contributed by atoms with Crippen molar-refractivity contribution in [1.82, 2.24) is 4.90 Å². The van der Waals surface area contributed by atoms with Gasteiger partial charge < -0.3 is 19.4 Å². The molecule has 0 aliphatic carbocycles. The van der Waals surface area contributed by atoms with Crippen molar-refractivity contribution in [3.8, 4) is 5.75 Å². The first kappa shape index (κ1) is 20.6. The highest BCUT2D eigenvalue weighted by atomic mass is 19.1. The Balaban J connectivity index is 1.53. The van der Waals surface area contributed by atoms with Crippen molar-refractivity contribution in [3.63, 3.8) is 0 Å². The molecule has 1 aliphatic heterocycles. The number of methoxy groups -OCH3 is 1. The number of hydrogen-bond acceptors (Lipinski definition) is 4. The van der Waals surface area contributed by atoms with Gasteiger partial charge in [0, 0.05) is 51.8 Å². The average Bonchev–Trinajstić information content (AvgIpc) is 2.75. The smallest absolute Gasteiger partial charge is 0.224 e. The van der Waals surface area contributed by atoms with Gasteiger partial charge in [0.2, 0.25) is 11.8 Å². The summed E-state index contributed by atoms with van der Waals surface area (Å²) in [6.07, 6.45) is 0.163. The minimum atomic E-state index is -0.469. The third-order valence-corrected chi connectivity index (χ3v) is 5.14. The second-order valence-electron chi connectivity index (χ2n) is 6.94. The van der Waals surface area contributed by atoms with E-state index in [0.29, 0.717) is 13.1 Å². The molecule has 0 radical (unpaired) electrons. The van der Waals surface area contributed by atoms with Gasteiger partial charge in [-0.25, -0.2) is 4.39 Å². The Morgan fingerprint density at radius 1 is 1.03 bits per heavy atom. The number of ether oxygens (including phenoxy) is 1. The van der Waals surface area contributed by atoms with Crippen LogP contribution in [0.25, 0.3) is 0 Å². The van der Waals surface area contributed by atoms with Gasteiger partial charge in [-0.15, -0.1) is 0 Å². The molecule has 0 aromatic heterocycles. The van der Waals surface area contributed by atoms with E-state index in [9.17, 15) is 14.0 Å². The summed E-state index contributed by atoms with van der Waals surface area (Å²) >= 11 is 0. The Hall–Kier alpha value is -3.09. The third-order valence-electron chi connectivity index (χ3n) is 5.14. The van der Waals surface area contributed by atoms with E-state index in [-0.39, 0.29) is 30.5 Å². The lowest BCUT2D eigenvalue weighted by atomic mass is 10.2. The molecule has 0 atom stereocenters. The number of benzene rings is 2. The zero-order valence-corrected chi connectivity index (χ0v) is 16.8. The number of rotatable bonds is 6. The summed E-state index contributed by atoms with van der Waals surface area (Å²) in [6.45, 7) is 4.25. The number of carbonyl (C=O) groups excluding carboxylic acids is 2. The van der Waals surface area contributed by atoms with E-state index in [2.05, 4.69) is 4.90 Å². The molecule has 1 saturated heterocycles. The van der Waals surface area contributed by atoms with Crippen LogP contribution in [0.3, 0.4) is 0 Å². The van der Waals surface area contributed by atoms with Crippen molar-refractivity contribution in [1.29, 1.82) is 0 Å². The fourth-order valence-corrected chi connectivity index (χ4v) is 3.49. The van der Waals surface area contributed by atoms with Gasteiger partial charge in [-0.1, -0.05) is 12.1 Å². The molecule has 2 aromatic rings. The molecule has 2 aromatic carbocycles. The summed E-state index contributed by atoms with van der Waals surface area (Å²) in [4.78, 5) is 29.9. The van der Waals surface area contributed by atoms with Gasteiger partial charge >= 0.3 is 0 Å². The van der Waals surface area contributed by atoms with Gasteiger partial charge in [-0.3, -0.25) is 9.59 Å². The summed E-state index contributed by atoms with van der Waals surface area (Å²) in [7, 11) is 1.64. The summed E-state index contributed by atoms with van der Waals surface area (Å²) < 4.78 is 19.2. The number of piperazine rings is 1. The zero-order chi connectivity index (χ0) is 20.8. The minimum Gasteiger partial charge on any atom is -0.497 e. The fraction of sp³-hybridized carbons (Fsp3) is 0.364. The van der Waals surface area contributed by atoms with Gasteiger partial charge in [0.15, 0.2) is 0 Å². The van der Waals surface area contributed by atoms with Crippen molar-refractivity contribution < 1.29 is 18.7 Å². The van der Waals surface area contributed by atoms with Gasteiger partial charge in [-0.2, -0.15) is 0 Å². The first-order chi connectivity index (χ1) is 14.0. The molecule has 1 aliphatic rings. The second-order valence-corrected chi connectivity index (χ2v) is 6.94. The van der Waals surface area contributed by atoms with Crippen LogP contribution in [-0.2, 0) is 9.59 Å². The molecule has 7 heteroatoms. The Kier molecular flexibility index (Phi) is 6.69. The van der Waals surface area contributed by atoms with E-state index < -0.39 is 5.82 Å². The van der Waals surface area contributed by atoms with E-state index in [4.69, 9.17) is 4.74 Å². The highest BCUT2D eigenvalue weighted by molar-refractivity contribution is 5.92. The average molecular weight is 399 g/mol. The molecule has 0 saturated carbocycles. The summed E-state index contributed by atoms with van der Waals surface area (Å²) in [6, 6.07) is 14.0. The highest BCUT2D eigenvalue weighted by Gasteiger charge is 2.23. The largest absolute Gasteiger partial charge is 0.497 e. The second kappa shape index (κ2) is 9.41. The van der Waals surface area contributed by atoms with E-state index >= 15 is 0 Å². The number of anilines is 2. The van der Waals surface area contributed by atoms with Gasteiger partial charge in [0.1, 0.15) is 11.6 Å². The summed E-state index contributed by atoms with van der Waals surface area (Å²) in [5, 5.41) is 0. The van der Waals surface area contributed by atoms with Crippen LogP contribution >= 0.6 is 0 Å². The van der Waals surface area contributed by atoms with Crippen LogP contribution in [0.15, 0.2) is 48.5 Å². The molecule has 1 fully saturated rings. The third kappa shape index (κ3) is 5.04. The minimum absolute atomic E-state index is 0.0260. The predicted molar refractivity (Wildman–Crippen MR) is 111 cm³/mol. The highest BCUT2D eigenvalue weighted by Crippen LogP contribution is 2.22. The Morgan fingerprint density at radius 3 is 2.28 bits per heavy atom. The first-order valence-corrected chi connectivity index (χ1v) is 9.69. The first-order valence-electron chi connectivity index (χ1n) is 9.69. The standard InChI is InChI=1S/C22H26FN3O3/c1-17(27)26(21-6-4-3-5-20(21)23)12-11-22(28)25-15-13-24(14-16-25)18-7-9-19(29-2)10-8-18/h3-10H,11-16H2,1-2H3. The van der Waals surface area contributed by atoms with Crippen LogP contribution in [0.1, 0.15) is 13.3 Å². The molecule has 3 rings (SSSR count). The molecular weight excluding hydrogens is 373 g/mol. The molecule has 0 N–H and O–H groups in total. The van der Waals surface area contributed by atoms with Crippen LogP contribution in [-0.4, -0.2) is 56.5 Å². The normalized spacial score (nSPS) is 13.9. The van der Waals surface area contributed by atoms with Crippen molar-refractivity contribution in [3.05, 3.63) is 54.3 Å². The van der Waals surface area contributed by atoms with E-state index in [0.717, 1.165) is 24.5 Å². The molecule has 0 spiro atoms. The number of amides is 2. The fourth-order valence-electron chi connectivity index (χ4n) is 3.49. The number of halogens is 1. The molecule has 2 amide bonds. The lowest BCUT2D eigenvalue weighted by Gasteiger charge is -2.36. The summed E-state index contributed by atoms with van der Waals surface area (Å²) in [5.74, 6) is 0.0323. The quantitative estimate of drug-likeness (QED) is 0.750. The topological polar surface area (TPSA) is 53.1 Å². The van der Waals surface area contributed by atoms with E-state index in [1.807, 2.05) is 24.3 Å². The van der Waals surface area contributed by atoms with Crippen LogP contribution < -0.4 is 14.5 Å². The Bertz CT molecular complexity index is 849. The number of carbonyl (C=O) groups is 2.